The molecular weight excluding hydrogens is 332 g/mol. The maximum Gasteiger partial charge on any atom is 0.133 e. The van der Waals surface area contributed by atoms with Gasteiger partial charge in [-0.1, -0.05) is 6.07 Å². The number of halogens is 2. The molecule has 0 fully saturated rings. The monoisotopic (exact) mass is 344 g/mol. The number of hydrogen-bond acceptors (Lipinski definition) is 3. The number of furan rings is 1. The van der Waals surface area contributed by atoms with Crippen molar-refractivity contribution >= 4 is 27.5 Å². The second kappa shape index (κ2) is 6.98. The number of methoxy groups -OCH3 is 1. The predicted molar refractivity (Wildman–Crippen MR) is 77.9 cm³/mol. The topological polar surface area (TPSA) is 31.6 Å². The van der Waals surface area contributed by atoms with E-state index < -0.39 is 0 Å². The molecule has 5 heteroatoms. The summed E-state index contributed by atoms with van der Waals surface area (Å²) in [6.07, 6.45) is 3.26. The number of rotatable bonds is 6. The van der Waals surface area contributed by atoms with Gasteiger partial charge in [-0.05, 0) is 39.7 Å². The van der Waals surface area contributed by atoms with Crippen LogP contribution in [0.3, 0.4) is 0 Å². The standard InChI is InChI=1S/C14H14BrClO3/c1-17-6-7-19-13-3-2-10(8-12(13)15)14(16)11-4-5-18-9-11/h2-5,8-9,14H,6-7H2,1H3. The maximum atomic E-state index is 6.38. The summed E-state index contributed by atoms with van der Waals surface area (Å²) in [5.41, 5.74) is 1.91. The van der Waals surface area contributed by atoms with Crippen LogP contribution in [0.25, 0.3) is 0 Å². The second-order valence-electron chi connectivity index (χ2n) is 3.95. The Morgan fingerprint density at radius 1 is 1.26 bits per heavy atom. The molecule has 0 saturated carbocycles. The molecule has 102 valence electrons. The summed E-state index contributed by atoms with van der Waals surface area (Å²) < 4.78 is 16.4. The lowest BCUT2D eigenvalue weighted by Gasteiger charge is -2.12. The molecule has 0 spiro atoms. The van der Waals surface area contributed by atoms with Crippen LogP contribution in [-0.2, 0) is 4.74 Å². The number of alkyl halides is 1. The molecule has 0 N–H and O–H groups in total. The van der Waals surface area contributed by atoms with Gasteiger partial charge in [0, 0.05) is 12.7 Å². The lowest BCUT2D eigenvalue weighted by Crippen LogP contribution is -2.04. The zero-order chi connectivity index (χ0) is 13.7. The Morgan fingerprint density at radius 2 is 2.11 bits per heavy atom. The van der Waals surface area contributed by atoms with Crippen LogP contribution in [0, 0.1) is 0 Å². The fourth-order valence-electron chi connectivity index (χ4n) is 1.64. The van der Waals surface area contributed by atoms with E-state index in [1.54, 1.807) is 19.6 Å². The number of benzene rings is 1. The Bertz CT molecular complexity index is 513. The summed E-state index contributed by atoms with van der Waals surface area (Å²) in [7, 11) is 1.64. The van der Waals surface area contributed by atoms with Gasteiger partial charge >= 0.3 is 0 Å². The molecule has 1 heterocycles. The van der Waals surface area contributed by atoms with Crippen molar-refractivity contribution in [3.05, 3.63) is 52.4 Å². The lowest BCUT2D eigenvalue weighted by atomic mass is 10.1. The molecule has 0 amide bonds. The van der Waals surface area contributed by atoms with Crippen LogP contribution >= 0.6 is 27.5 Å². The summed E-state index contributed by atoms with van der Waals surface area (Å²) in [4.78, 5) is 0. The van der Waals surface area contributed by atoms with Gasteiger partial charge in [0.05, 0.1) is 29.0 Å². The molecule has 19 heavy (non-hydrogen) atoms. The molecule has 0 aliphatic heterocycles. The first-order valence-corrected chi connectivity index (χ1v) is 7.02. The van der Waals surface area contributed by atoms with Crippen LogP contribution in [0.15, 0.2) is 45.7 Å². The highest BCUT2D eigenvalue weighted by molar-refractivity contribution is 9.10. The van der Waals surface area contributed by atoms with E-state index in [1.807, 2.05) is 24.3 Å². The van der Waals surface area contributed by atoms with Gasteiger partial charge < -0.3 is 13.9 Å². The first-order chi connectivity index (χ1) is 9.22. The average Bonchev–Trinajstić information content (AvgIpc) is 2.94. The van der Waals surface area contributed by atoms with E-state index in [2.05, 4.69) is 15.9 Å². The Labute approximate surface area is 125 Å². The third-order valence-corrected chi connectivity index (χ3v) is 3.75. The second-order valence-corrected chi connectivity index (χ2v) is 5.24. The molecule has 1 aromatic heterocycles. The van der Waals surface area contributed by atoms with Crippen LogP contribution in [0.1, 0.15) is 16.5 Å². The van der Waals surface area contributed by atoms with E-state index in [9.17, 15) is 0 Å². The van der Waals surface area contributed by atoms with Crippen molar-refractivity contribution in [1.29, 1.82) is 0 Å². The van der Waals surface area contributed by atoms with Crippen molar-refractivity contribution in [2.75, 3.05) is 20.3 Å². The van der Waals surface area contributed by atoms with Crippen molar-refractivity contribution in [2.45, 2.75) is 5.38 Å². The van der Waals surface area contributed by atoms with Crippen LogP contribution < -0.4 is 4.74 Å². The van der Waals surface area contributed by atoms with Crippen molar-refractivity contribution in [3.63, 3.8) is 0 Å². The summed E-state index contributed by atoms with van der Waals surface area (Å²) in [5, 5.41) is -0.233. The summed E-state index contributed by atoms with van der Waals surface area (Å²) in [5.74, 6) is 0.775. The molecule has 3 nitrogen and oxygen atoms in total. The van der Waals surface area contributed by atoms with Gasteiger partial charge in [0.15, 0.2) is 0 Å². The molecule has 0 aliphatic carbocycles. The normalized spacial score (nSPS) is 12.4. The van der Waals surface area contributed by atoms with E-state index in [4.69, 9.17) is 25.5 Å². The third kappa shape index (κ3) is 3.75. The molecule has 1 unspecified atom stereocenters. The highest BCUT2D eigenvalue weighted by atomic mass is 79.9. The van der Waals surface area contributed by atoms with Gasteiger partial charge in [0.1, 0.15) is 12.4 Å². The summed E-state index contributed by atoms with van der Waals surface area (Å²) >= 11 is 9.87. The van der Waals surface area contributed by atoms with Crippen LogP contribution in [0.2, 0.25) is 0 Å². The zero-order valence-electron chi connectivity index (χ0n) is 10.4. The van der Waals surface area contributed by atoms with Crippen LogP contribution in [0.5, 0.6) is 5.75 Å². The van der Waals surface area contributed by atoms with Gasteiger partial charge in [-0.3, -0.25) is 0 Å². The minimum absolute atomic E-state index is 0.233. The van der Waals surface area contributed by atoms with Gasteiger partial charge in [0.2, 0.25) is 0 Å². The number of ether oxygens (including phenoxy) is 2. The summed E-state index contributed by atoms with van der Waals surface area (Å²) in [6, 6.07) is 7.64. The smallest absolute Gasteiger partial charge is 0.133 e. The first-order valence-electron chi connectivity index (χ1n) is 5.79. The molecule has 0 aliphatic rings. The van der Waals surface area contributed by atoms with Gasteiger partial charge in [0.25, 0.3) is 0 Å². The first kappa shape index (κ1) is 14.4. The molecular formula is C14H14BrClO3. The highest BCUT2D eigenvalue weighted by Gasteiger charge is 2.13. The fourth-order valence-corrected chi connectivity index (χ4v) is 2.41. The predicted octanol–water partition coefficient (Wildman–Crippen LogP) is 4.40. The van der Waals surface area contributed by atoms with Crippen LogP contribution in [0.4, 0.5) is 0 Å². The van der Waals surface area contributed by atoms with E-state index in [1.165, 1.54) is 0 Å². The Hall–Kier alpha value is -0.970. The van der Waals surface area contributed by atoms with Crippen molar-refractivity contribution < 1.29 is 13.9 Å². The molecule has 2 aromatic rings. The van der Waals surface area contributed by atoms with Crippen LogP contribution in [-0.4, -0.2) is 20.3 Å². The van der Waals surface area contributed by atoms with Gasteiger partial charge in [-0.2, -0.15) is 0 Å². The minimum Gasteiger partial charge on any atom is -0.490 e. The third-order valence-electron chi connectivity index (χ3n) is 2.63. The SMILES string of the molecule is COCCOc1ccc(C(Cl)c2ccoc2)cc1Br. The molecule has 1 atom stereocenters. The van der Waals surface area contributed by atoms with Gasteiger partial charge in [-0.15, -0.1) is 11.6 Å². The zero-order valence-corrected chi connectivity index (χ0v) is 12.8. The van der Waals surface area contributed by atoms with Crippen molar-refractivity contribution in [2.24, 2.45) is 0 Å². The minimum atomic E-state index is -0.233. The van der Waals surface area contributed by atoms with Crippen molar-refractivity contribution in [1.82, 2.24) is 0 Å². The summed E-state index contributed by atoms with van der Waals surface area (Å²) in [6.45, 7) is 1.07. The molecule has 0 bridgehead atoms. The molecule has 2 rings (SSSR count). The highest BCUT2D eigenvalue weighted by Crippen LogP contribution is 2.34. The largest absolute Gasteiger partial charge is 0.490 e. The Morgan fingerprint density at radius 3 is 2.74 bits per heavy atom. The quantitative estimate of drug-likeness (QED) is 0.574. The average molecular weight is 346 g/mol. The molecule has 1 aromatic carbocycles. The van der Waals surface area contributed by atoms with E-state index in [0.29, 0.717) is 13.2 Å². The maximum absolute atomic E-state index is 6.38. The lowest BCUT2D eigenvalue weighted by molar-refractivity contribution is 0.146. The van der Waals surface area contributed by atoms with E-state index in [-0.39, 0.29) is 5.38 Å². The number of hydrogen-bond donors (Lipinski definition) is 0. The Kier molecular flexibility index (Phi) is 5.31. The van der Waals surface area contributed by atoms with Gasteiger partial charge in [-0.25, -0.2) is 0 Å². The molecule has 0 radical (unpaired) electrons. The van der Waals surface area contributed by atoms with E-state index >= 15 is 0 Å². The van der Waals surface area contributed by atoms with Crippen molar-refractivity contribution in [3.8, 4) is 5.75 Å². The molecule has 0 saturated heterocycles. The fraction of sp³-hybridized carbons (Fsp3) is 0.286. The van der Waals surface area contributed by atoms with E-state index in [0.717, 1.165) is 21.3 Å². The Balaban J connectivity index is 2.10.